The highest BCUT2D eigenvalue weighted by atomic mass is 32.2. The lowest BCUT2D eigenvalue weighted by molar-refractivity contribution is -0.156. The third-order valence-electron chi connectivity index (χ3n) is 17.8. The van der Waals surface area contributed by atoms with Crippen molar-refractivity contribution < 1.29 is 33.8 Å². The van der Waals surface area contributed by atoms with Gasteiger partial charge in [-0.25, -0.2) is 0 Å². The molecule has 0 aromatic heterocycles. The van der Waals surface area contributed by atoms with E-state index in [2.05, 4.69) is 54.5 Å². The molecule has 7 saturated heterocycles. The van der Waals surface area contributed by atoms with Crippen LogP contribution in [-0.2, 0) is 53.4 Å². The zero-order valence-electron chi connectivity index (χ0n) is 56.3. The average molecular weight is 1260 g/mol. The van der Waals surface area contributed by atoms with Gasteiger partial charge in [0.25, 0.3) is 0 Å². The van der Waals surface area contributed by atoms with Crippen molar-refractivity contribution in [1.82, 2.24) is 19.6 Å². The number of aryl methyl sites for hydroxylation is 1. The number of hydrogen-bond acceptors (Lipinski definition) is 12. The van der Waals surface area contributed by atoms with Gasteiger partial charge in [0.1, 0.15) is 57.7 Å². The minimum atomic E-state index is -0.641. The van der Waals surface area contributed by atoms with Crippen LogP contribution in [0.4, 0.5) is 0 Å². The van der Waals surface area contributed by atoms with Crippen LogP contribution < -0.4 is 10.5 Å². The van der Waals surface area contributed by atoms with Gasteiger partial charge in [0.15, 0.2) is 22.0 Å². The SMILES string of the molecule is CC(C)(C)C(=O)C[S+]1CCCC1.CN1CCC(N2CCCC2)CC1.CN1CCC(N2CCCCC2)CC1.COc1ccc(CC(N)C(=O)OC(C)(C)C)cc1.Cc1ccc(C(=O)C(C)(C)[S+]2CCCC2)cc1.O=C(C[S+]1CCCC1)c1ccc(O)cc1. The highest BCUT2D eigenvalue weighted by molar-refractivity contribution is 7.99. The van der Waals surface area contributed by atoms with Crippen molar-refractivity contribution in [3.8, 4) is 11.5 Å². The molecule has 0 bridgehead atoms. The molecule has 3 aromatic rings. The smallest absolute Gasteiger partial charge is 0.323 e. The summed E-state index contributed by atoms with van der Waals surface area (Å²) >= 11 is 0. The molecular formula is C72H118N5O7S3+3. The Morgan fingerprint density at radius 3 is 1.43 bits per heavy atom. The molecule has 488 valence electrons. The number of ketones is 3. The molecule has 12 nitrogen and oxygen atoms in total. The van der Waals surface area contributed by atoms with Gasteiger partial charge in [0.2, 0.25) is 11.6 Å². The highest BCUT2D eigenvalue weighted by Crippen LogP contribution is 2.31. The Labute approximate surface area is 537 Å². The van der Waals surface area contributed by atoms with Crippen LogP contribution in [0.2, 0.25) is 0 Å². The van der Waals surface area contributed by atoms with Gasteiger partial charge in [0.05, 0.1) is 7.11 Å². The number of rotatable bonds is 14. The average Bonchev–Trinajstić information content (AvgIpc) is 4.09. The summed E-state index contributed by atoms with van der Waals surface area (Å²) < 4.78 is 10.1. The van der Waals surface area contributed by atoms with Gasteiger partial charge in [-0.1, -0.05) is 69.2 Å². The number of benzene rings is 3. The fraction of sp³-hybridized carbons (Fsp3) is 0.694. The predicted octanol–water partition coefficient (Wildman–Crippen LogP) is 12.0. The van der Waals surface area contributed by atoms with Gasteiger partial charge < -0.3 is 39.9 Å². The summed E-state index contributed by atoms with van der Waals surface area (Å²) in [5.41, 5.74) is 9.00. The molecule has 3 N–H and O–H groups in total. The first-order valence-electron chi connectivity index (χ1n) is 33.2. The zero-order valence-corrected chi connectivity index (χ0v) is 58.7. The Morgan fingerprint density at radius 2 is 0.989 bits per heavy atom. The number of esters is 1. The maximum Gasteiger partial charge on any atom is 0.323 e. The molecule has 7 heterocycles. The number of Topliss-reactive ketones (excluding diaryl/α,β-unsaturated/α-hetero) is 3. The second-order valence-corrected chi connectivity index (χ2v) is 35.3. The molecule has 0 saturated carbocycles. The Morgan fingerprint density at radius 1 is 0.563 bits per heavy atom. The maximum atomic E-state index is 12.6. The largest absolute Gasteiger partial charge is 0.508 e. The van der Waals surface area contributed by atoms with Crippen molar-refractivity contribution in [3.05, 3.63) is 95.1 Å². The summed E-state index contributed by atoms with van der Waals surface area (Å²) in [5.74, 6) is 10.7. The van der Waals surface area contributed by atoms with Crippen molar-refractivity contribution in [2.45, 2.75) is 194 Å². The van der Waals surface area contributed by atoms with E-state index in [1.54, 1.807) is 31.4 Å². The molecule has 15 heteroatoms. The van der Waals surface area contributed by atoms with Gasteiger partial charge in [-0.2, -0.15) is 0 Å². The lowest BCUT2D eigenvalue weighted by atomic mass is 9.92. The molecule has 0 aliphatic carbocycles. The van der Waals surface area contributed by atoms with Crippen LogP contribution in [0.15, 0.2) is 72.8 Å². The van der Waals surface area contributed by atoms with Crippen LogP contribution in [0.5, 0.6) is 11.5 Å². The number of ether oxygens (including phenoxy) is 2. The van der Waals surface area contributed by atoms with E-state index in [9.17, 15) is 19.2 Å². The molecule has 7 aliphatic rings. The minimum Gasteiger partial charge on any atom is -0.508 e. The van der Waals surface area contributed by atoms with E-state index in [0.717, 1.165) is 40.3 Å². The summed E-state index contributed by atoms with van der Waals surface area (Å²) in [5, 5.41) is 9.11. The van der Waals surface area contributed by atoms with Crippen molar-refractivity contribution in [3.63, 3.8) is 0 Å². The molecule has 7 aliphatic heterocycles. The van der Waals surface area contributed by atoms with Gasteiger partial charge in [0, 0.05) is 39.5 Å². The van der Waals surface area contributed by atoms with E-state index in [-0.39, 0.29) is 38.6 Å². The zero-order chi connectivity index (χ0) is 63.6. The van der Waals surface area contributed by atoms with E-state index in [1.165, 1.54) is 189 Å². The summed E-state index contributed by atoms with van der Waals surface area (Å²) in [6.45, 7) is 28.6. The number of phenolic OH excluding ortho intramolecular Hbond substituents is 1. The quantitative estimate of drug-likeness (QED) is 0.0900. The Kier molecular flexibility index (Phi) is 32.3. The normalized spacial score (nSPS) is 20.2. The van der Waals surface area contributed by atoms with E-state index >= 15 is 0 Å². The van der Waals surface area contributed by atoms with Crippen LogP contribution in [0, 0.1) is 12.3 Å². The molecule has 3 aromatic carbocycles. The Bertz CT molecular complexity index is 2440. The van der Waals surface area contributed by atoms with E-state index in [4.69, 9.17) is 20.3 Å². The summed E-state index contributed by atoms with van der Waals surface area (Å²) in [4.78, 5) is 58.1. The Hall–Kier alpha value is -3.41. The molecular weight excluding hydrogens is 1140 g/mol. The number of likely N-dealkylation sites (tertiary alicyclic amines) is 4. The molecule has 87 heavy (non-hydrogen) atoms. The topological polar surface area (TPSA) is 146 Å². The number of aromatic hydroxyl groups is 1. The summed E-state index contributed by atoms with van der Waals surface area (Å²) in [7, 11) is 7.14. The summed E-state index contributed by atoms with van der Waals surface area (Å²) in [6.07, 6.45) is 21.1. The number of methoxy groups -OCH3 is 1. The lowest BCUT2D eigenvalue weighted by Gasteiger charge is -2.39. The number of piperidine rings is 3. The maximum absolute atomic E-state index is 12.6. The highest BCUT2D eigenvalue weighted by Gasteiger charge is 2.47. The fourth-order valence-corrected chi connectivity index (χ4v) is 19.5. The molecule has 7 fully saturated rings. The van der Waals surface area contributed by atoms with E-state index in [0.29, 0.717) is 45.5 Å². The van der Waals surface area contributed by atoms with Crippen LogP contribution >= 0.6 is 0 Å². The predicted molar refractivity (Wildman–Crippen MR) is 373 cm³/mol. The fourth-order valence-electron chi connectivity index (χ4n) is 12.0. The number of hydrogen-bond donors (Lipinski definition) is 2. The van der Waals surface area contributed by atoms with Crippen molar-refractivity contribution in [1.29, 1.82) is 0 Å². The molecule has 0 amide bonds. The van der Waals surface area contributed by atoms with Crippen LogP contribution in [-0.4, -0.2) is 196 Å². The number of phenols is 1. The third kappa shape index (κ3) is 27.5. The minimum absolute atomic E-state index is 0.115. The van der Waals surface area contributed by atoms with E-state index < -0.39 is 11.6 Å². The first kappa shape index (κ1) is 74.3. The second-order valence-electron chi connectivity index (χ2n) is 27.8. The first-order valence-corrected chi connectivity index (χ1v) is 38.2. The van der Waals surface area contributed by atoms with Crippen molar-refractivity contribution >= 4 is 56.0 Å². The number of nitrogens with two attached hydrogens (primary N) is 1. The number of nitrogens with zero attached hydrogens (tertiary/aromatic N) is 4. The Balaban J connectivity index is 0.000000192. The lowest BCUT2D eigenvalue weighted by Crippen LogP contribution is -2.45. The molecule has 0 radical (unpaired) electrons. The van der Waals surface area contributed by atoms with Crippen LogP contribution in [0.25, 0.3) is 0 Å². The number of carbonyl (C=O) groups is 4. The van der Waals surface area contributed by atoms with Crippen LogP contribution in [0.3, 0.4) is 0 Å². The molecule has 10 rings (SSSR count). The second kappa shape index (κ2) is 37.8. The first-order chi connectivity index (χ1) is 41.3. The number of carbonyl (C=O) groups excluding carboxylic acids is 4. The third-order valence-corrected chi connectivity index (χ3v) is 25.8. The van der Waals surface area contributed by atoms with Gasteiger partial charge in [-0.15, -0.1) is 0 Å². The standard InChI is InChI=1S/C15H21OS.C14H21NO3.C12H14O2S.C11H22N2.C10H20N2.C10H19OS/c1-12-6-8-13(9-7-12)14(16)15(2,3)17-10-4-5-11-17;1-14(2,3)18-13(16)12(15)9-10-5-7-11(17-4)8-6-10;13-11-5-3-10(4-6-11)12(14)9-15-7-1-2-8-15;1-12-9-5-11(6-10-12)13-7-3-2-4-8-13;1-11-8-4-10(5-9-11)12-6-2-3-7-12;1-10(2,3)9(11)8-12-6-4-5-7-12/h6-9H,4-5,10-11H2,1-3H3;5-8,12H,9,15H2,1-4H3;3-6H,1-2,7-9H2;11H,2-10H2,1H3;10H,2-9H2,1H3;4-8H2,1-3H3/q+1;;;;;+1/p+1. The van der Waals surface area contributed by atoms with Gasteiger partial charge in [-0.3, -0.25) is 19.2 Å². The van der Waals surface area contributed by atoms with Gasteiger partial charge in [-0.05, 0) is 268 Å². The molecule has 1 atom stereocenters. The van der Waals surface area contributed by atoms with Crippen molar-refractivity contribution in [2.75, 3.05) is 120 Å². The van der Waals surface area contributed by atoms with Crippen LogP contribution in [0.1, 0.15) is 184 Å². The van der Waals surface area contributed by atoms with Gasteiger partial charge >= 0.3 is 5.97 Å². The molecule has 0 spiro atoms. The summed E-state index contributed by atoms with van der Waals surface area (Å²) in [6, 6.07) is 23.2. The molecule has 1 unspecified atom stereocenters. The van der Waals surface area contributed by atoms with E-state index in [1.807, 2.05) is 90.1 Å². The van der Waals surface area contributed by atoms with Crippen molar-refractivity contribution in [2.24, 2.45) is 11.1 Å². The monoisotopic (exact) mass is 1260 g/mol.